The van der Waals surface area contributed by atoms with E-state index < -0.39 is 12.2 Å². The molecule has 0 bridgehead atoms. The van der Waals surface area contributed by atoms with Gasteiger partial charge in [-0.25, -0.2) is 4.98 Å². The van der Waals surface area contributed by atoms with Crippen molar-refractivity contribution in [2.75, 3.05) is 23.3 Å². The van der Waals surface area contributed by atoms with Crippen LogP contribution in [0.1, 0.15) is 26.2 Å². The number of benzene rings is 1. The van der Waals surface area contributed by atoms with Gasteiger partial charge in [0.2, 0.25) is 0 Å². The molecule has 2 aromatic heterocycles. The molecule has 3 heterocycles. The minimum absolute atomic E-state index is 0.0568. The van der Waals surface area contributed by atoms with Gasteiger partial charge >= 0.3 is 0 Å². The van der Waals surface area contributed by atoms with Crippen molar-refractivity contribution in [1.82, 2.24) is 14.6 Å². The molecule has 7 nitrogen and oxygen atoms in total. The molecule has 4 atom stereocenters. The standard InChI is InChI=1S/C22H27N5O2/c1-14-11-18(22(29)21(14)28)24-19-7-8-23-20-13-17(25-27(19)20)15-5-4-6-16(12-15)26-9-2-3-10-26/h4-8,12-14,18,21-22,24,28-29H,2-3,9-11H2,1H3/t14-,18-,21-,22+/m1/s1. The fraction of sp³-hybridized carbons (Fsp3) is 0.455. The van der Waals surface area contributed by atoms with Gasteiger partial charge in [0.05, 0.1) is 17.8 Å². The number of hydrogen-bond acceptors (Lipinski definition) is 6. The fourth-order valence-electron chi connectivity index (χ4n) is 4.57. The van der Waals surface area contributed by atoms with Crippen LogP contribution in [0.2, 0.25) is 0 Å². The van der Waals surface area contributed by atoms with E-state index in [0.29, 0.717) is 6.42 Å². The van der Waals surface area contributed by atoms with Crippen LogP contribution in [0, 0.1) is 5.92 Å². The maximum atomic E-state index is 10.3. The summed E-state index contributed by atoms with van der Waals surface area (Å²) in [5, 5.41) is 28.5. The van der Waals surface area contributed by atoms with Gasteiger partial charge in [-0.15, -0.1) is 0 Å². The lowest BCUT2D eigenvalue weighted by molar-refractivity contribution is 0.0210. The molecule has 0 radical (unpaired) electrons. The maximum absolute atomic E-state index is 10.3. The molecule has 0 spiro atoms. The van der Waals surface area contributed by atoms with Crippen molar-refractivity contribution in [3.05, 3.63) is 42.6 Å². The summed E-state index contributed by atoms with van der Waals surface area (Å²) in [7, 11) is 0. The van der Waals surface area contributed by atoms with E-state index in [0.717, 1.165) is 35.8 Å². The average molecular weight is 393 g/mol. The molecule has 1 aliphatic heterocycles. The van der Waals surface area contributed by atoms with Gasteiger partial charge in [-0.2, -0.15) is 9.61 Å². The summed E-state index contributed by atoms with van der Waals surface area (Å²) < 4.78 is 1.78. The summed E-state index contributed by atoms with van der Waals surface area (Å²) in [5.41, 5.74) is 3.92. The summed E-state index contributed by atoms with van der Waals surface area (Å²) >= 11 is 0. The minimum Gasteiger partial charge on any atom is -0.390 e. The van der Waals surface area contributed by atoms with E-state index in [2.05, 4.69) is 39.5 Å². The molecule has 1 saturated heterocycles. The maximum Gasteiger partial charge on any atom is 0.157 e. The zero-order valence-corrected chi connectivity index (χ0v) is 16.6. The first-order chi connectivity index (χ1) is 14.1. The zero-order chi connectivity index (χ0) is 20.0. The van der Waals surface area contributed by atoms with Crippen molar-refractivity contribution < 1.29 is 10.2 Å². The first-order valence-electron chi connectivity index (χ1n) is 10.4. The highest BCUT2D eigenvalue weighted by Crippen LogP contribution is 2.30. The van der Waals surface area contributed by atoms with E-state index >= 15 is 0 Å². The van der Waals surface area contributed by atoms with Gasteiger partial charge in [-0.1, -0.05) is 19.1 Å². The van der Waals surface area contributed by atoms with Gasteiger partial charge in [0, 0.05) is 36.6 Å². The number of fused-ring (bicyclic) bond motifs is 1. The second-order valence-corrected chi connectivity index (χ2v) is 8.32. The van der Waals surface area contributed by atoms with Crippen LogP contribution in [0.3, 0.4) is 0 Å². The highest BCUT2D eigenvalue weighted by molar-refractivity contribution is 5.69. The van der Waals surface area contributed by atoms with Crippen LogP contribution in [-0.2, 0) is 0 Å². The number of rotatable bonds is 4. The Balaban J connectivity index is 1.45. The summed E-state index contributed by atoms with van der Waals surface area (Å²) in [6, 6.07) is 12.1. The van der Waals surface area contributed by atoms with Crippen molar-refractivity contribution in [1.29, 1.82) is 0 Å². The van der Waals surface area contributed by atoms with Crippen LogP contribution < -0.4 is 10.2 Å². The Morgan fingerprint density at radius 1 is 1.07 bits per heavy atom. The molecule has 5 rings (SSSR count). The van der Waals surface area contributed by atoms with Crippen molar-refractivity contribution in [2.45, 2.75) is 44.4 Å². The van der Waals surface area contributed by atoms with Crippen LogP contribution >= 0.6 is 0 Å². The number of hydrogen-bond donors (Lipinski definition) is 3. The largest absolute Gasteiger partial charge is 0.390 e. The van der Waals surface area contributed by atoms with Crippen molar-refractivity contribution >= 4 is 17.2 Å². The zero-order valence-electron chi connectivity index (χ0n) is 16.6. The Hall–Kier alpha value is -2.64. The van der Waals surface area contributed by atoms with Crippen molar-refractivity contribution in [2.24, 2.45) is 5.92 Å². The minimum atomic E-state index is -0.791. The predicted octanol–water partition coefficient (Wildman–Crippen LogP) is 2.54. The Kier molecular flexibility index (Phi) is 4.64. The fourth-order valence-corrected chi connectivity index (χ4v) is 4.57. The van der Waals surface area contributed by atoms with Gasteiger partial charge in [0.1, 0.15) is 11.9 Å². The van der Waals surface area contributed by atoms with E-state index in [1.807, 2.05) is 19.1 Å². The topological polar surface area (TPSA) is 85.9 Å². The molecule has 3 N–H and O–H groups in total. The van der Waals surface area contributed by atoms with Gasteiger partial charge in [0.25, 0.3) is 0 Å². The molecule has 2 fully saturated rings. The second kappa shape index (κ2) is 7.31. The summed E-state index contributed by atoms with van der Waals surface area (Å²) in [4.78, 5) is 6.86. The number of aromatic nitrogens is 3. The van der Waals surface area contributed by atoms with Gasteiger partial charge < -0.3 is 20.4 Å². The monoisotopic (exact) mass is 393 g/mol. The van der Waals surface area contributed by atoms with Crippen LogP contribution in [0.15, 0.2) is 42.6 Å². The van der Waals surface area contributed by atoms with Gasteiger partial charge in [0.15, 0.2) is 5.65 Å². The summed E-state index contributed by atoms with van der Waals surface area (Å²) in [6.45, 7) is 4.17. The molecule has 0 unspecified atom stereocenters. The van der Waals surface area contributed by atoms with Crippen LogP contribution in [-0.4, -0.2) is 56.2 Å². The summed E-state index contributed by atoms with van der Waals surface area (Å²) in [6.07, 6.45) is 3.45. The molecule has 1 aliphatic carbocycles. The third-order valence-electron chi connectivity index (χ3n) is 6.28. The SMILES string of the molecule is C[C@@H]1C[C@@H](Nc2ccnc3cc(-c4cccc(N5CCCC5)c4)nn23)[C@H](O)[C@@H]1O. The highest BCUT2D eigenvalue weighted by Gasteiger charge is 2.39. The molecule has 0 amide bonds. The molecular weight excluding hydrogens is 366 g/mol. The molecule has 3 aromatic rings. The van der Waals surface area contributed by atoms with E-state index in [1.54, 1.807) is 10.7 Å². The first-order valence-corrected chi connectivity index (χ1v) is 10.4. The number of nitrogens with one attached hydrogen (secondary N) is 1. The quantitative estimate of drug-likeness (QED) is 0.632. The van der Waals surface area contributed by atoms with E-state index in [1.165, 1.54) is 18.5 Å². The van der Waals surface area contributed by atoms with Crippen molar-refractivity contribution in [3.8, 4) is 11.3 Å². The Bertz CT molecular complexity index is 1010. The molecule has 2 aliphatic rings. The van der Waals surface area contributed by atoms with Crippen LogP contribution in [0.25, 0.3) is 16.9 Å². The molecule has 1 saturated carbocycles. The van der Waals surface area contributed by atoms with Gasteiger partial charge in [-0.3, -0.25) is 0 Å². The smallest absolute Gasteiger partial charge is 0.157 e. The Labute approximate surface area is 170 Å². The number of aliphatic hydroxyl groups excluding tert-OH is 2. The summed E-state index contributed by atoms with van der Waals surface area (Å²) in [5.74, 6) is 0.823. The Morgan fingerprint density at radius 2 is 1.90 bits per heavy atom. The first kappa shape index (κ1) is 18.4. The molecule has 1 aromatic carbocycles. The molecule has 29 heavy (non-hydrogen) atoms. The lowest BCUT2D eigenvalue weighted by Gasteiger charge is -2.19. The third-order valence-corrected chi connectivity index (χ3v) is 6.28. The predicted molar refractivity (Wildman–Crippen MR) is 113 cm³/mol. The van der Waals surface area contributed by atoms with Gasteiger partial charge in [-0.05, 0) is 43.4 Å². The van der Waals surface area contributed by atoms with E-state index in [9.17, 15) is 10.2 Å². The number of nitrogens with zero attached hydrogens (tertiary/aromatic N) is 4. The lowest BCUT2D eigenvalue weighted by atomic mass is 10.1. The molecular formula is C22H27N5O2. The van der Waals surface area contributed by atoms with E-state index in [4.69, 9.17) is 5.10 Å². The number of anilines is 2. The molecule has 152 valence electrons. The lowest BCUT2D eigenvalue weighted by Crippen LogP contribution is -2.35. The molecule has 7 heteroatoms. The third kappa shape index (κ3) is 3.34. The highest BCUT2D eigenvalue weighted by atomic mass is 16.3. The van der Waals surface area contributed by atoms with E-state index in [-0.39, 0.29) is 12.0 Å². The Morgan fingerprint density at radius 3 is 2.66 bits per heavy atom. The van der Waals surface area contributed by atoms with Crippen LogP contribution in [0.5, 0.6) is 0 Å². The number of aliphatic hydroxyl groups is 2. The van der Waals surface area contributed by atoms with Crippen molar-refractivity contribution in [3.63, 3.8) is 0 Å². The van der Waals surface area contributed by atoms with Crippen LogP contribution in [0.4, 0.5) is 11.5 Å². The normalized spacial score (nSPS) is 27.1. The average Bonchev–Trinajstić information content (AvgIpc) is 3.46. The second-order valence-electron chi connectivity index (χ2n) is 8.32.